The first-order chi connectivity index (χ1) is 6.67. The Bertz CT molecular complexity index is 234. The Morgan fingerprint density at radius 1 is 1.50 bits per heavy atom. The number of aliphatic hydroxyl groups excluding tert-OH is 1. The van der Waals surface area contributed by atoms with Gasteiger partial charge in [-0.15, -0.1) is 0 Å². The Morgan fingerprint density at radius 3 is 2.50 bits per heavy atom. The van der Waals surface area contributed by atoms with Crippen molar-refractivity contribution in [2.75, 3.05) is 13.2 Å². The van der Waals surface area contributed by atoms with Crippen molar-refractivity contribution in [2.24, 2.45) is 11.3 Å². The Kier molecular flexibility index (Phi) is 2.49. The Morgan fingerprint density at radius 2 is 2.14 bits per heavy atom. The molecule has 80 valence electrons. The molecular weight excluding hydrogens is 182 g/mol. The predicted octanol–water partition coefficient (Wildman–Crippen LogP) is 0.212. The Balaban J connectivity index is 1.79. The highest BCUT2D eigenvalue weighted by Crippen LogP contribution is 2.44. The third-order valence-corrected chi connectivity index (χ3v) is 3.35. The molecule has 4 heteroatoms. The molecule has 1 unspecified atom stereocenters. The van der Waals surface area contributed by atoms with Crippen molar-refractivity contribution >= 4 is 5.97 Å². The number of hydrogen-bond acceptors (Lipinski definition) is 3. The highest BCUT2D eigenvalue weighted by Gasteiger charge is 2.44. The maximum Gasteiger partial charge on any atom is 0.320 e. The van der Waals surface area contributed by atoms with E-state index in [2.05, 4.69) is 5.32 Å². The van der Waals surface area contributed by atoms with Gasteiger partial charge in [0.1, 0.15) is 6.04 Å². The summed E-state index contributed by atoms with van der Waals surface area (Å²) in [6, 6.07) is -0.390. The molecule has 1 atom stereocenters. The van der Waals surface area contributed by atoms with Gasteiger partial charge in [-0.05, 0) is 31.6 Å². The third kappa shape index (κ3) is 2.07. The van der Waals surface area contributed by atoms with Crippen molar-refractivity contribution in [2.45, 2.75) is 31.7 Å². The van der Waals surface area contributed by atoms with E-state index in [-0.39, 0.29) is 18.1 Å². The molecule has 0 aromatic heterocycles. The van der Waals surface area contributed by atoms with E-state index in [1.807, 2.05) is 0 Å². The minimum Gasteiger partial charge on any atom is -0.480 e. The number of hydrogen-bond donors (Lipinski definition) is 3. The van der Waals surface area contributed by atoms with Gasteiger partial charge in [0.2, 0.25) is 0 Å². The van der Waals surface area contributed by atoms with Gasteiger partial charge in [-0.1, -0.05) is 0 Å². The van der Waals surface area contributed by atoms with Crippen molar-refractivity contribution in [3.63, 3.8) is 0 Å². The lowest BCUT2D eigenvalue weighted by atomic mass is 10.1. The summed E-state index contributed by atoms with van der Waals surface area (Å²) in [7, 11) is 0. The molecule has 0 heterocycles. The zero-order valence-electron chi connectivity index (χ0n) is 8.20. The zero-order valence-corrected chi connectivity index (χ0v) is 8.20. The van der Waals surface area contributed by atoms with Crippen LogP contribution in [0.3, 0.4) is 0 Å². The molecule has 3 N–H and O–H groups in total. The highest BCUT2D eigenvalue weighted by molar-refractivity contribution is 5.74. The van der Waals surface area contributed by atoms with E-state index in [9.17, 15) is 4.79 Å². The van der Waals surface area contributed by atoms with Crippen molar-refractivity contribution in [1.29, 1.82) is 0 Å². The molecule has 0 aromatic carbocycles. The fourth-order valence-corrected chi connectivity index (χ4v) is 1.78. The molecule has 0 bridgehead atoms. The van der Waals surface area contributed by atoms with Crippen LogP contribution in [0.1, 0.15) is 25.7 Å². The van der Waals surface area contributed by atoms with Crippen LogP contribution in [-0.4, -0.2) is 35.4 Å². The first-order valence-electron chi connectivity index (χ1n) is 5.24. The molecule has 2 fully saturated rings. The van der Waals surface area contributed by atoms with E-state index in [1.54, 1.807) is 0 Å². The molecule has 0 aliphatic heterocycles. The number of aliphatic hydroxyl groups is 1. The number of carboxylic acid groups (broad SMARTS) is 1. The molecule has 2 aliphatic carbocycles. The van der Waals surface area contributed by atoms with Crippen LogP contribution in [0.25, 0.3) is 0 Å². The Labute approximate surface area is 83.3 Å². The lowest BCUT2D eigenvalue weighted by molar-refractivity contribution is -0.140. The quantitative estimate of drug-likeness (QED) is 0.572. The summed E-state index contributed by atoms with van der Waals surface area (Å²) < 4.78 is 0. The second-order valence-electron chi connectivity index (χ2n) is 4.69. The maximum atomic E-state index is 10.9. The molecule has 14 heavy (non-hydrogen) atoms. The van der Waals surface area contributed by atoms with Crippen molar-refractivity contribution in [3.8, 4) is 0 Å². The summed E-state index contributed by atoms with van der Waals surface area (Å²) in [6.45, 7) is 0.827. The van der Waals surface area contributed by atoms with Crippen molar-refractivity contribution < 1.29 is 15.0 Å². The smallest absolute Gasteiger partial charge is 0.320 e. The normalized spacial score (nSPS) is 25.8. The Hall–Kier alpha value is -0.610. The van der Waals surface area contributed by atoms with E-state index < -0.39 is 5.97 Å². The fraction of sp³-hybridized carbons (Fsp3) is 0.900. The highest BCUT2D eigenvalue weighted by atomic mass is 16.4. The number of aliphatic carboxylic acids is 1. The average molecular weight is 199 g/mol. The molecular formula is C10H17NO3. The third-order valence-electron chi connectivity index (χ3n) is 3.35. The number of rotatable bonds is 6. The molecule has 0 amide bonds. The topological polar surface area (TPSA) is 69.6 Å². The van der Waals surface area contributed by atoms with Crippen LogP contribution in [-0.2, 0) is 4.79 Å². The van der Waals surface area contributed by atoms with Gasteiger partial charge in [0.05, 0.1) is 0 Å². The van der Waals surface area contributed by atoms with Gasteiger partial charge in [-0.3, -0.25) is 4.79 Å². The molecule has 2 saturated carbocycles. The average Bonchev–Trinajstić information content (AvgIpc) is 2.99. The van der Waals surface area contributed by atoms with Crippen LogP contribution in [0, 0.1) is 11.3 Å². The van der Waals surface area contributed by atoms with Gasteiger partial charge in [0, 0.05) is 18.6 Å². The number of nitrogens with one attached hydrogen (secondary N) is 1. The largest absolute Gasteiger partial charge is 0.480 e. The molecule has 0 radical (unpaired) electrons. The lowest BCUT2D eigenvalue weighted by Gasteiger charge is -2.18. The van der Waals surface area contributed by atoms with Crippen LogP contribution in [0.5, 0.6) is 0 Å². The van der Waals surface area contributed by atoms with Crippen molar-refractivity contribution in [1.82, 2.24) is 5.32 Å². The van der Waals surface area contributed by atoms with E-state index in [1.165, 1.54) is 0 Å². The van der Waals surface area contributed by atoms with Crippen LogP contribution in [0.15, 0.2) is 0 Å². The summed E-state index contributed by atoms with van der Waals surface area (Å²) in [5.41, 5.74) is 0.00257. The molecule has 2 rings (SSSR count). The van der Waals surface area contributed by atoms with Gasteiger partial charge in [0.25, 0.3) is 0 Å². The lowest BCUT2D eigenvalue weighted by Crippen LogP contribution is -2.42. The second kappa shape index (κ2) is 3.51. The minimum atomic E-state index is -0.749. The van der Waals surface area contributed by atoms with E-state index in [0.717, 1.165) is 25.7 Å². The summed E-state index contributed by atoms with van der Waals surface area (Å²) in [5.74, 6) is -0.428. The minimum absolute atomic E-state index is 0.00257. The summed E-state index contributed by atoms with van der Waals surface area (Å²) in [4.78, 5) is 10.9. The van der Waals surface area contributed by atoms with Crippen LogP contribution < -0.4 is 5.32 Å². The molecule has 0 spiro atoms. The number of carboxylic acids is 1. The molecule has 4 nitrogen and oxygen atoms in total. The van der Waals surface area contributed by atoms with Gasteiger partial charge in [-0.2, -0.15) is 0 Å². The first kappa shape index (κ1) is 9.93. The van der Waals surface area contributed by atoms with E-state index >= 15 is 0 Å². The summed E-state index contributed by atoms with van der Waals surface area (Å²) in [6.07, 6.45) is 4.09. The fourth-order valence-electron chi connectivity index (χ4n) is 1.78. The van der Waals surface area contributed by atoms with Gasteiger partial charge in [-0.25, -0.2) is 0 Å². The number of carbonyl (C=O) groups is 1. The predicted molar refractivity (Wildman–Crippen MR) is 50.9 cm³/mol. The zero-order chi connectivity index (χ0) is 10.2. The first-order valence-corrected chi connectivity index (χ1v) is 5.24. The van der Waals surface area contributed by atoms with Crippen LogP contribution in [0.2, 0.25) is 0 Å². The molecule has 0 saturated heterocycles. The van der Waals surface area contributed by atoms with Gasteiger partial charge >= 0.3 is 5.97 Å². The summed E-state index contributed by atoms with van der Waals surface area (Å²) in [5, 5.41) is 21.1. The summed E-state index contributed by atoms with van der Waals surface area (Å²) >= 11 is 0. The van der Waals surface area contributed by atoms with Crippen LogP contribution >= 0.6 is 0 Å². The SMILES string of the molecule is O=C(O)C(NCC1(CO)CC1)C1CC1. The standard InChI is InChI=1S/C10H17NO3/c12-6-10(3-4-10)5-11-8(9(13)14)7-1-2-7/h7-8,11-12H,1-6H2,(H,13,14). The monoisotopic (exact) mass is 199 g/mol. The van der Waals surface area contributed by atoms with Gasteiger partial charge in [0.15, 0.2) is 0 Å². The van der Waals surface area contributed by atoms with E-state index in [0.29, 0.717) is 12.5 Å². The second-order valence-corrected chi connectivity index (χ2v) is 4.69. The van der Waals surface area contributed by atoms with Crippen LogP contribution in [0.4, 0.5) is 0 Å². The van der Waals surface area contributed by atoms with Crippen molar-refractivity contribution in [3.05, 3.63) is 0 Å². The molecule has 2 aliphatic rings. The van der Waals surface area contributed by atoms with E-state index in [4.69, 9.17) is 10.2 Å². The maximum absolute atomic E-state index is 10.9. The van der Waals surface area contributed by atoms with Gasteiger partial charge < -0.3 is 15.5 Å². The molecule has 0 aromatic rings.